The van der Waals surface area contributed by atoms with Gasteiger partial charge in [0.25, 0.3) is 0 Å². The molecule has 1 heterocycles. The Labute approximate surface area is 123 Å². The molecule has 112 valence electrons. The predicted octanol–water partition coefficient (Wildman–Crippen LogP) is 1.99. The number of ether oxygens (including phenoxy) is 1. The van der Waals surface area contributed by atoms with Crippen LogP contribution >= 0.6 is 0 Å². The molecule has 0 aliphatic heterocycles. The number of hydrogen-bond donors (Lipinski definition) is 2. The fourth-order valence-corrected chi connectivity index (χ4v) is 1.97. The third-order valence-corrected chi connectivity index (χ3v) is 3.08. The van der Waals surface area contributed by atoms with E-state index in [1.165, 1.54) is 0 Å². The van der Waals surface area contributed by atoms with Crippen molar-refractivity contribution in [3.05, 3.63) is 53.5 Å². The van der Waals surface area contributed by atoms with Gasteiger partial charge in [-0.3, -0.25) is 4.79 Å². The Kier molecular flexibility index (Phi) is 5.00. The molecule has 5 nitrogen and oxygen atoms in total. The number of carbonyl (C=O) groups is 1. The molecule has 0 radical (unpaired) electrons. The van der Waals surface area contributed by atoms with Crippen LogP contribution in [0.3, 0.4) is 0 Å². The van der Waals surface area contributed by atoms with Crippen molar-refractivity contribution in [1.82, 2.24) is 5.32 Å². The highest BCUT2D eigenvalue weighted by Crippen LogP contribution is 2.15. The van der Waals surface area contributed by atoms with Crippen LogP contribution in [0.5, 0.6) is 5.75 Å². The maximum atomic E-state index is 11.9. The highest BCUT2D eigenvalue weighted by atomic mass is 16.5. The SMILES string of the molecule is COc1cccc(CC(=O)NCC(O)c2ccc(C)o2)c1. The smallest absolute Gasteiger partial charge is 0.224 e. The number of benzene rings is 1. The highest BCUT2D eigenvalue weighted by Gasteiger charge is 2.13. The molecule has 1 aromatic carbocycles. The van der Waals surface area contributed by atoms with Gasteiger partial charge in [0, 0.05) is 0 Å². The molecule has 21 heavy (non-hydrogen) atoms. The third-order valence-electron chi connectivity index (χ3n) is 3.08. The van der Waals surface area contributed by atoms with E-state index in [-0.39, 0.29) is 18.9 Å². The molecule has 1 aromatic heterocycles. The molecule has 0 spiro atoms. The lowest BCUT2D eigenvalue weighted by atomic mass is 10.1. The molecule has 2 rings (SSSR count). The van der Waals surface area contributed by atoms with E-state index in [1.807, 2.05) is 24.3 Å². The van der Waals surface area contributed by atoms with E-state index < -0.39 is 6.10 Å². The summed E-state index contributed by atoms with van der Waals surface area (Å²) in [5.41, 5.74) is 0.857. The summed E-state index contributed by atoms with van der Waals surface area (Å²) in [6.07, 6.45) is -0.603. The summed E-state index contributed by atoms with van der Waals surface area (Å²) >= 11 is 0. The van der Waals surface area contributed by atoms with Gasteiger partial charge in [-0.25, -0.2) is 0 Å². The van der Waals surface area contributed by atoms with Crippen LogP contribution in [0.4, 0.5) is 0 Å². The second-order valence-electron chi connectivity index (χ2n) is 4.80. The Balaban J connectivity index is 1.84. The van der Waals surface area contributed by atoms with E-state index in [1.54, 1.807) is 26.2 Å². The quantitative estimate of drug-likeness (QED) is 0.853. The number of furan rings is 1. The van der Waals surface area contributed by atoms with Gasteiger partial charge in [-0.1, -0.05) is 12.1 Å². The third kappa shape index (κ3) is 4.36. The summed E-state index contributed by atoms with van der Waals surface area (Å²) in [4.78, 5) is 11.9. The number of aliphatic hydroxyl groups is 1. The predicted molar refractivity (Wildman–Crippen MR) is 78.1 cm³/mol. The van der Waals surface area contributed by atoms with Crippen molar-refractivity contribution < 1.29 is 19.1 Å². The molecular weight excluding hydrogens is 270 g/mol. The number of carbonyl (C=O) groups excluding carboxylic acids is 1. The number of hydrogen-bond acceptors (Lipinski definition) is 4. The maximum absolute atomic E-state index is 11.9. The van der Waals surface area contributed by atoms with Crippen LogP contribution in [0.25, 0.3) is 0 Å². The number of aryl methyl sites for hydroxylation is 1. The van der Waals surface area contributed by atoms with Crippen molar-refractivity contribution in [2.45, 2.75) is 19.4 Å². The number of aliphatic hydroxyl groups excluding tert-OH is 1. The van der Waals surface area contributed by atoms with Crippen molar-refractivity contribution in [3.8, 4) is 5.75 Å². The molecule has 2 aromatic rings. The Bertz CT molecular complexity index is 606. The van der Waals surface area contributed by atoms with E-state index in [0.717, 1.165) is 11.3 Å². The number of methoxy groups -OCH3 is 1. The monoisotopic (exact) mass is 289 g/mol. The fraction of sp³-hybridized carbons (Fsp3) is 0.312. The number of rotatable bonds is 6. The van der Waals surface area contributed by atoms with Crippen LogP contribution in [0, 0.1) is 6.92 Å². The summed E-state index contributed by atoms with van der Waals surface area (Å²) in [6, 6.07) is 10.8. The standard InChI is InChI=1S/C16H19NO4/c1-11-6-7-15(21-11)14(18)10-17-16(19)9-12-4-3-5-13(8-12)20-2/h3-8,14,18H,9-10H2,1-2H3,(H,17,19). The Morgan fingerprint density at radius 1 is 1.38 bits per heavy atom. The molecule has 0 bridgehead atoms. The second kappa shape index (κ2) is 6.95. The average molecular weight is 289 g/mol. The van der Waals surface area contributed by atoms with Crippen molar-refractivity contribution in [1.29, 1.82) is 0 Å². The highest BCUT2D eigenvalue weighted by molar-refractivity contribution is 5.78. The Morgan fingerprint density at radius 2 is 2.19 bits per heavy atom. The zero-order chi connectivity index (χ0) is 15.2. The zero-order valence-electron chi connectivity index (χ0n) is 12.1. The largest absolute Gasteiger partial charge is 0.497 e. The molecule has 0 aliphatic rings. The van der Waals surface area contributed by atoms with E-state index in [4.69, 9.17) is 9.15 Å². The van der Waals surface area contributed by atoms with Gasteiger partial charge in [0.1, 0.15) is 23.4 Å². The van der Waals surface area contributed by atoms with Gasteiger partial charge in [0.15, 0.2) is 0 Å². The zero-order valence-corrected chi connectivity index (χ0v) is 12.1. The minimum atomic E-state index is -0.840. The first-order chi connectivity index (χ1) is 10.1. The van der Waals surface area contributed by atoms with E-state index in [2.05, 4.69) is 5.32 Å². The summed E-state index contributed by atoms with van der Waals surface area (Å²) < 4.78 is 10.4. The van der Waals surface area contributed by atoms with Gasteiger partial charge in [-0.15, -0.1) is 0 Å². The molecular formula is C16H19NO4. The van der Waals surface area contributed by atoms with Gasteiger partial charge < -0.3 is 19.6 Å². The molecule has 1 amide bonds. The van der Waals surface area contributed by atoms with Crippen LogP contribution in [-0.2, 0) is 11.2 Å². The first kappa shape index (κ1) is 15.1. The molecule has 0 fully saturated rings. The van der Waals surface area contributed by atoms with E-state index in [0.29, 0.717) is 11.5 Å². The summed E-state index contributed by atoms with van der Waals surface area (Å²) in [6.45, 7) is 1.92. The molecule has 0 aliphatic carbocycles. The van der Waals surface area contributed by atoms with Gasteiger partial charge >= 0.3 is 0 Å². The summed E-state index contributed by atoms with van der Waals surface area (Å²) in [7, 11) is 1.58. The molecule has 1 unspecified atom stereocenters. The number of nitrogens with one attached hydrogen (secondary N) is 1. The molecule has 0 saturated carbocycles. The topological polar surface area (TPSA) is 71.7 Å². The lowest BCUT2D eigenvalue weighted by Gasteiger charge is -2.10. The van der Waals surface area contributed by atoms with Crippen LogP contribution < -0.4 is 10.1 Å². The first-order valence-corrected chi connectivity index (χ1v) is 6.72. The molecule has 1 atom stereocenters. The summed E-state index contributed by atoms with van der Waals surface area (Å²) in [5, 5.41) is 12.6. The Morgan fingerprint density at radius 3 is 2.86 bits per heavy atom. The van der Waals surface area contributed by atoms with Crippen molar-refractivity contribution in [2.75, 3.05) is 13.7 Å². The normalized spacial score (nSPS) is 12.0. The Hall–Kier alpha value is -2.27. The minimum Gasteiger partial charge on any atom is -0.497 e. The van der Waals surface area contributed by atoms with Gasteiger partial charge in [0.2, 0.25) is 5.91 Å². The fourth-order valence-electron chi connectivity index (χ4n) is 1.97. The van der Waals surface area contributed by atoms with Crippen molar-refractivity contribution >= 4 is 5.91 Å². The molecule has 2 N–H and O–H groups in total. The lowest BCUT2D eigenvalue weighted by molar-refractivity contribution is -0.120. The van der Waals surface area contributed by atoms with E-state index >= 15 is 0 Å². The minimum absolute atomic E-state index is 0.121. The summed E-state index contributed by atoms with van der Waals surface area (Å²) in [5.74, 6) is 1.73. The lowest BCUT2D eigenvalue weighted by Crippen LogP contribution is -2.29. The number of amides is 1. The average Bonchev–Trinajstić information content (AvgIpc) is 2.91. The van der Waals surface area contributed by atoms with Crippen LogP contribution in [0.15, 0.2) is 40.8 Å². The molecule has 0 saturated heterocycles. The second-order valence-corrected chi connectivity index (χ2v) is 4.80. The van der Waals surface area contributed by atoms with E-state index in [9.17, 15) is 9.90 Å². The van der Waals surface area contributed by atoms with Crippen LogP contribution in [0.1, 0.15) is 23.2 Å². The molecule has 5 heteroatoms. The van der Waals surface area contributed by atoms with Crippen LogP contribution in [0.2, 0.25) is 0 Å². The van der Waals surface area contributed by atoms with Gasteiger partial charge in [-0.05, 0) is 36.8 Å². The van der Waals surface area contributed by atoms with Gasteiger partial charge in [-0.2, -0.15) is 0 Å². The van der Waals surface area contributed by atoms with Crippen molar-refractivity contribution in [2.24, 2.45) is 0 Å². The van der Waals surface area contributed by atoms with Crippen molar-refractivity contribution in [3.63, 3.8) is 0 Å². The maximum Gasteiger partial charge on any atom is 0.224 e. The van der Waals surface area contributed by atoms with Crippen LogP contribution in [-0.4, -0.2) is 24.7 Å². The van der Waals surface area contributed by atoms with Gasteiger partial charge in [0.05, 0.1) is 20.1 Å². The first-order valence-electron chi connectivity index (χ1n) is 6.72.